The molecule has 6 nitrogen and oxygen atoms in total. The van der Waals surface area contributed by atoms with Crippen molar-refractivity contribution in [1.82, 2.24) is 14.7 Å². The number of rotatable bonds is 12. The van der Waals surface area contributed by atoms with E-state index in [2.05, 4.69) is 60.2 Å². The van der Waals surface area contributed by atoms with Gasteiger partial charge >= 0.3 is 0 Å². The van der Waals surface area contributed by atoms with Crippen LogP contribution in [0.1, 0.15) is 43.7 Å². The van der Waals surface area contributed by atoms with Crippen molar-refractivity contribution in [3.8, 4) is 17.0 Å². The van der Waals surface area contributed by atoms with Gasteiger partial charge in [0, 0.05) is 44.5 Å². The van der Waals surface area contributed by atoms with E-state index >= 15 is 0 Å². The fourth-order valence-corrected chi connectivity index (χ4v) is 4.23. The van der Waals surface area contributed by atoms with Gasteiger partial charge in [0.1, 0.15) is 5.75 Å². The highest BCUT2D eigenvalue weighted by Crippen LogP contribution is 2.27. The van der Waals surface area contributed by atoms with Gasteiger partial charge in [0.15, 0.2) is 0 Å². The maximum atomic E-state index is 12.3. The highest BCUT2D eigenvalue weighted by atomic mass is 16.3. The third-order valence-electron chi connectivity index (χ3n) is 6.20. The Morgan fingerprint density at radius 2 is 1.74 bits per heavy atom. The van der Waals surface area contributed by atoms with E-state index in [1.165, 1.54) is 22.0 Å². The Morgan fingerprint density at radius 3 is 2.50 bits per heavy atom. The lowest BCUT2D eigenvalue weighted by Gasteiger charge is -2.24. The maximum Gasteiger partial charge on any atom is 0.266 e. The van der Waals surface area contributed by atoms with E-state index in [1.54, 1.807) is 12.1 Å². The average Bonchev–Trinajstić information content (AvgIpc) is 2.83. The normalized spacial score (nSPS) is 11.2. The summed E-state index contributed by atoms with van der Waals surface area (Å²) in [5, 5.41) is 14.7. The molecule has 1 N–H and O–H groups in total. The first-order chi connectivity index (χ1) is 16.4. The molecule has 1 heterocycles. The van der Waals surface area contributed by atoms with E-state index in [9.17, 15) is 9.90 Å². The van der Waals surface area contributed by atoms with Crippen molar-refractivity contribution >= 4 is 5.69 Å². The van der Waals surface area contributed by atoms with Crippen molar-refractivity contribution < 1.29 is 5.11 Å². The first kappa shape index (κ1) is 25.5. The van der Waals surface area contributed by atoms with Gasteiger partial charge in [0.25, 0.3) is 5.56 Å². The van der Waals surface area contributed by atoms with Crippen LogP contribution in [0.4, 0.5) is 5.69 Å². The molecule has 6 heteroatoms. The summed E-state index contributed by atoms with van der Waals surface area (Å²) in [4.78, 5) is 16.9. The predicted octanol–water partition coefficient (Wildman–Crippen LogP) is 5.07. The quantitative estimate of drug-likeness (QED) is 0.381. The number of hydrogen-bond acceptors (Lipinski definition) is 5. The molecule has 0 saturated carbocycles. The van der Waals surface area contributed by atoms with Crippen molar-refractivity contribution in [1.29, 1.82) is 0 Å². The maximum absolute atomic E-state index is 12.3. The fourth-order valence-electron chi connectivity index (χ4n) is 4.23. The van der Waals surface area contributed by atoms with Gasteiger partial charge in [-0.15, -0.1) is 0 Å². The molecule has 0 saturated heterocycles. The van der Waals surface area contributed by atoms with Crippen molar-refractivity contribution in [2.75, 3.05) is 32.1 Å². The topological polar surface area (TPSA) is 61.6 Å². The molecule has 0 spiro atoms. The summed E-state index contributed by atoms with van der Waals surface area (Å²) in [5.41, 5.74) is 4.85. The molecule has 0 atom stereocenters. The zero-order chi connectivity index (χ0) is 24.5. The molecular weight excluding hydrogens is 424 g/mol. The number of para-hydroxylation sites is 1. The molecule has 0 radical (unpaired) electrons. The Bertz CT molecular complexity index is 1120. The van der Waals surface area contributed by atoms with Crippen LogP contribution in [-0.2, 0) is 13.1 Å². The van der Waals surface area contributed by atoms with Crippen molar-refractivity contribution in [2.24, 2.45) is 0 Å². The van der Waals surface area contributed by atoms with Crippen LogP contribution < -0.4 is 10.5 Å². The lowest BCUT2D eigenvalue weighted by molar-refractivity contribution is 0.272. The van der Waals surface area contributed by atoms with E-state index in [4.69, 9.17) is 0 Å². The number of aromatic hydroxyl groups is 1. The van der Waals surface area contributed by atoms with E-state index in [1.807, 2.05) is 19.1 Å². The van der Waals surface area contributed by atoms with Gasteiger partial charge in [0.2, 0.25) is 0 Å². The zero-order valence-electron chi connectivity index (χ0n) is 21.0. The fraction of sp³-hybridized carbons (Fsp3) is 0.429. The van der Waals surface area contributed by atoms with Gasteiger partial charge in [-0.1, -0.05) is 49.6 Å². The standard InChI is InChI=1S/C28H38N4O2/c1-5-31(21-23-12-8-9-13-26(23)30(3)4)18-10-6-7-11-19-32-28(34)17-15-25(29-32)24-20-22(2)14-16-27(24)33/h8-9,12-17,20,33H,5-7,10-11,18-19,21H2,1-4H3. The Labute approximate surface area is 203 Å². The van der Waals surface area contributed by atoms with Gasteiger partial charge in [-0.2, -0.15) is 5.10 Å². The number of hydrogen-bond donors (Lipinski definition) is 1. The van der Waals surface area contributed by atoms with Crippen LogP contribution in [0.25, 0.3) is 11.3 Å². The summed E-state index contributed by atoms with van der Waals surface area (Å²) in [7, 11) is 4.18. The van der Waals surface area contributed by atoms with Crippen LogP contribution >= 0.6 is 0 Å². The van der Waals surface area contributed by atoms with Gasteiger partial charge < -0.3 is 10.0 Å². The van der Waals surface area contributed by atoms with Crippen LogP contribution in [-0.4, -0.2) is 47.0 Å². The lowest BCUT2D eigenvalue weighted by atomic mass is 10.1. The zero-order valence-corrected chi connectivity index (χ0v) is 21.0. The van der Waals surface area contributed by atoms with Crippen LogP contribution in [0.15, 0.2) is 59.4 Å². The number of unbranched alkanes of at least 4 members (excludes halogenated alkanes) is 3. The molecule has 3 aromatic rings. The van der Waals surface area contributed by atoms with E-state index in [0.717, 1.165) is 50.9 Å². The molecule has 0 unspecified atom stereocenters. The van der Waals surface area contributed by atoms with E-state index < -0.39 is 0 Å². The van der Waals surface area contributed by atoms with E-state index in [0.29, 0.717) is 17.8 Å². The van der Waals surface area contributed by atoms with E-state index in [-0.39, 0.29) is 11.3 Å². The first-order valence-electron chi connectivity index (χ1n) is 12.2. The molecule has 3 rings (SSSR count). The smallest absolute Gasteiger partial charge is 0.266 e. The second kappa shape index (κ2) is 12.4. The van der Waals surface area contributed by atoms with Crippen molar-refractivity contribution in [3.05, 3.63) is 76.1 Å². The highest BCUT2D eigenvalue weighted by molar-refractivity contribution is 5.67. The van der Waals surface area contributed by atoms with Gasteiger partial charge in [-0.25, -0.2) is 4.68 Å². The summed E-state index contributed by atoms with van der Waals surface area (Å²) in [6.07, 6.45) is 4.22. The molecule has 0 bridgehead atoms. The minimum Gasteiger partial charge on any atom is -0.507 e. The highest BCUT2D eigenvalue weighted by Gasteiger charge is 2.10. The second-order valence-corrected chi connectivity index (χ2v) is 9.11. The summed E-state index contributed by atoms with van der Waals surface area (Å²) in [6.45, 7) is 7.84. The summed E-state index contributed by atoms with van der Waals surface area (Å²) in [6, 6.07) is 17.2. The molecule has 0 aliphatic carbocycles. The molecule has 0 aliphatic heterocycles. The monoisotopic (exact) mass is 462 g/mol. The number of nitrogens with zero attached hydrogens (tertiary/aromatic N) is 4. The van der Waals surface area contributed by atoms with Crippen LogP contribution in [0.2, 0.25) is 0 Å². The molecule has 34 heavy (non-hydrogen) atoms. The molecule has 0 aliphatic rings. The number of aryl methyl sites for hydroxylation is 2. The number of phenols is 1. The Kier molecular flexibility index (Phi) is 9.28. The predicted molar refractivity (Wildman–Crippen MR) is 141 cm³/mol. The van der Waals surface area contributed by atoms with Crippen LogP contribution in [0.5, 0.6) is 5.75 Å². The molecular formula is C28H38N4O2. The Morgan fingerprint density at radius 1 is 0.971 bits per heavy atom. The summed E-state index contributed by atoms with van der Waals surface area (Å²) in [5.74, 6) is 0.178. The first-order valence-corrected chi connectivity index (χ1v) is 12.2. The molecule has 0 amide bonds. The SMILES string of the molecule is CCN(CCCCCCn1nc(-c2cc(C)ccc2O)ccc1=O)Cc1ccccc1N(C)C. The molecule has 0 fully saturated rings. The lowest BCUT2D eigenvalue weighted by Crippen LogP contribution is -2.25. The Balaban J connectivity index is 1.48. The van der Waals surface area contributed by atoms with Crippen LogP contribution in [0, 0.1) is 6.92 Å². The summed E-state index contributed by atoms with van der Waals surface area (Å²) < 4.78 is 1.52. The van der Waals surface area contributed by atoms with Gasteiger partial charge in [0.05, 0.1) is 5.69 Å². The molecule has 1 aromatic heterocycles. The van der Waals surface area contributed by atoms with Crippen molar-refractivity contribution in [2.45, 2.75) is 52.6 Å². The number of benzene rings is 2. The molecule has 182 valence electrons. The molecule has 2 aromatic carbocycles. The van der Waals surface area contributed by atoms with Crippen molar-refractivity contribution in [3.63, 3.8) is 0 Å². The average molecular weight is 463 g/mol. The van der Waals surface area contributed by atoms with Crippen LogP contribution in [0.3, 0.4) is 0 Å². The minimum atomic E-state index is -0.104. The number of anilines is 1. The largest absolute Gasteiger partial charge is 0.507 e. The third kappa shape index (κ3) is 6.94. The van der Waals surface area contributed by atoms with Gasteiger partial charge in [-0.05, 0) is 62.7 Å². The summed E-state index contributed by atoms with van der Waals surface area (Å²) >= 11 is 0. The Hall–Kier alpha value is -3.12. The minimum absolute atomic E-state index is 0.104. The number of aromatic nitrogens is 2. The third-order valence-corrected chi connectivity index (χ3v) is 6.20. The number of phenolic OH excluding ortho intramolecular Hbond substituents is 1. The van der Waals surface area contributed by atoms with Gasteiger partial charge in [-0.3, -0.25) is 9.69 Å². The second-order valence-electron chi connectivity index (χ2n) is 9.11.